The maximum absolute atomic E-state index is 13.7. The van der Waals surface area contributed by atoms with Crippen LogP contribution >= 0.6 is 15.9 Å². The van der Waals surface area contributed by atoms with Crippen molar-refractivity contribution in [2.24, 2.45) is 0 Å². The van der Waals surface area contributed by atoms with E-state index < -0.39 is 17.5 Å². The fourth-order valence-corrected chi connectivity index (χ4v) is 2.25. The van der Waals surface area contributed by atoms with Gasteiger partial charge < -0.3 is 15.8 Å². The number of hydrogen-bond donors (Lipinski definition) is 2. The smallest absolute Gasteiger partial charge is 0.259 e. The van der Waals surface area contributed by atoms with Gasteiger partial charge >= 0.3 is 0 Å². The normalized spacial score (nSPS) is 10.3. The van der Waals surface area contributed by atoms with E-state index in [1.807, 2.05) is 0 Å². The second-order valence-electron chi connectivity index (χ2n) is 4.16. The van der Waals surface area contributed by atoms with E-state index in [-0.39, 0.29) is 15.7 Å². The Balaban J connectivity index is 2.37. The topological polar surface area (TPSA) is 64.3 Å². The molecule has 0 saturated heterocycles. The van der Waals surface area contributed by atoms with Crippen molar-refractivity contribution >= 4 is 33.2 Å². The van der Waals surface area contributed by atoms with Crippen molar-refractivity contribution in [2.45, 2.75) is 0 Å². The molecule has 0 spiro atoms. The first kappa shape index (κ1) is 15.2. The summed E-state index contributed by atoms with van der Waals surface area (Å²) >= 11 is 3.00. The van der Waals surface area contributed by atoms with Crippen molar-refractivity contribution in [3.05, 3.63) is 52.0 Å². The van der Waals surface area contributed by atoms with E-state index in [4.69, 9.17) is 10.5 Å². The highest BCUT2D eigenvalue weighted by atomic mass is 79.9. The van der Waals surface area contributed by atoms with Crippen LogP contribution in [0.5, 0.6) is 5.75 Å². The Morgan fingerprint density at radius 1 is 1.29 bits per heavy atom. The lowest BCUT2D eigenvalue weighted by Crippen LogP contribution is -2.15. The molecular weight excluding hydrogens is 346 g/mol. The minimum Gasteiger partial charge on any atom is -0.496 e. The van der Waals surface area contributed by atoms with Crippen LogP contribution in [0.3, 0.4) is 0 Å². The second kappa shape index (κ2) is 6.09. The number of methoxy groups -OCH3 is 1. The van der Waals surface area contributed by atoms with E-state index in [1.165, 1.54) is 19.2 Å². The Bertz CT molecular complexity index is 684. The van der Waals surface area contributed by atoms with Gasteiger partial charge in [0.25, 0.3) is 5.91 Å². The summed E-state index contributed by atoms with van der Waals surface area (Å²) in [6.07, 6.45) is 0. The largest absolute Gasteiger partial charge is 0.496 e. The molecule has 21 heavy (non-hydrogen) atoms. The summed E-state index contributed by atoms with van der Waals surface area (Å²) < 4.78 is 31.9. The van der Waals surface area contributed by atoms with Crippen molar-refractivity contribution in [2.75, 3.05) is 18.2 Å². The third-order valence-electron chi connectivity index (χ3n) is 2.71. The van der Waals surface area contributed by atoms with Gasteiger partial charge in [0.15, 0.2) is 5.82 Å². The lowest BCUT2D eigenvalue weighted by atomic mass is 10.1. The third-order valence-corrected chi connectivity index (χ3v) is 3.34. The standard InChI is InChI=1S/C14H11BrF2N2O2/c1-21-12-3-2-8(18)6-9(12)14(20)19-13-10(15)4-7(16)5-11(13)17/h2-6H,18H2,1H3,(H,19,20). The number of rotatable bonds is 3. The molecule has 3 N–H and O–H groups in total. The summed E-state index contributed by atoms with van der Waals surface area (Å²) in [6, 6.07) is 6.24. The summed E-state index contributed by atoms with van der Waals surface area (Å²) in [5.41, 5.74) is 5.97. The highest BCUT2D eigenvalue weighted by Gasteiger charge is 2.17. The molecular formula is C14H11BrF2N2O2. The molecule has 0 heterocycles. The number of amides is 1. The summed E-state index contributed by atoms with van der Waals surface area (Å²) in [7, 11) is 1.40. The minimum atomic E-state index is -0.891. The van der Waals surface area contributed by atoms with Crippen molar-refractivity contribution < 1.29 is 18.3 Å². The van der Waals surface area contributed by atoms with E-state index in [9.17, 15) is 13.6 Å². The second-order valence-corrected chi connectivity index (χ2v) is 5.01. The average Bonchev–Trinajstić information content (AvgIpc) is 2.42. The molecule has 2 aromatic rings. The lowest BCUT2D eigenvalue weighted by molar-refractivity contribution is 0.102. The van der Waals surface area contributed by atoms with Gasteiger partial charge in [-0.1, -0.05) is 0 Å². The van der Waals surface area contributed by atoms with Crippen molar-refractivity contribution in [3.8, 4) is 5.75 Å². The van der Waals surface area contributed by atoms with Gasteiger partial charge in [0.1, 0.15) is 11.6 Å². The van der Waals surface area contributed by atoms with E-state index in [0.29, 0.717) is 17.5 Å². The molecule has 0 fully saturated rings. The zero-order valence-corrected chi connectivity index (χ0v) is 12.5. The molecule has 4 nitrogen and oxygen atoms in total. The van der Waals surface area contributed by atoms with Gasteiger partial charge in [-0.25, -0.2) is 8.78 Å². The van der Waals surface area contributed by atoms with Crippen molar-refractivity contribution in [3.63, 3.8) is 0 Å². The number of ether oxygens (including phenoxy) is 1. The van der Waals surface area contributed by atoms with Crippen LogP contribution in [0, 0.1) is 11.6 Å². The van der Waals surface area contributed by atoms with Gasteiger partial charge in [-0.05, 0) is 40.2 Å². The molecule has 0 aliphatic rings. The van der Waals surface area contributed by atoms with Crippen LogP contribution < -0.4 is 15.8 Å². The van der Waals surface area contributed by atoms with Crippen LogP contribution in [0.1, 0.15) is 10.4 Å². The van der Waals surface area contributed by atoms with Gasteiger partial charge in [-0.2, -0.15) is 0 Å². The first-order chi connectivity index (χ1) is 9.92. The maximum atomic E-state index is 13.7. The number of halogens is 3. The molecule has 1 amide bonds. The zero-order valence-electron chi connectivity index (χ0n) is 10.9. The van der Waals surface area contributed by atoms with E-state index in [1.54, 1.807) is 6.07 Å². The highest BCUT2D eigenvalue weighted by Crippen LogP contribution is 2.29. The number of hydrogen-bond acceptors (Lipinski definition) is 3. The van der Waals surface area contributed by atoms with Gasteiger partial charge in [0, 0.05) is 16.2 Å². The lowest BCUT2D eigenvalue weighted by Gasteiger charge is -2.12. The molecule has 0 aliphatic carbocycles. The van der Waals surface area contributed by atoms with Gasteiger partial charge in [0.2, 0.25) is 0 Å². The van der Waals surface area contributed by atoms with E-state index in [0.717, 1.165) is 6.07 Å². The molecule has 0 aromatic heterocycles. The number of nitrogen functional groups attached to an aromatic ring is 1. The molecule has 0 saturated carbocycles. The molecule has 0 unspecified atom stereocenters. The van der Waals surface area contributed by atoms with Gasteiger partial charge in [-0.3, -0.25) is 4.79 Å². The van der Waals surface area contributed by atoms with Crippen LogP contribution in [0.4, 0.5) is 20.2 Å². The number of nitrogens with one attached hydrogen (secondary N) is 1. The highest BCUT2D eigenvalue weighted by molar-refractivity contribution is 9.10. The predicted molar refractivity (Wildman–Crippen MR) is 79.4 cm³/mol. The number of benzene rings is 2. The quantitative estimate of drug-likeness (QED) is 0.826. The predicted octanol–water partition coefficient (Wildman–Crippen LogP) is 3.57. The van der Waals surface area contributed by atoms with E-state index in [2.05, 4.69) is 21.2 Å². The number of nitrogens with two attached hydrogens (primary N) is 1. The first-order valence-electron chi connectivity index (χ1n) is 5.81. The van der Waals surface area contributed by atoms with Crippen molar-refractivity contribution in [1.82, 2.24) is 0 Å². The summed E-state index contributed by atoms with van der Waals surface area (Å²) in [4.78, 5) is 12.2. The molecule has 110 valence electrons. The fraction of sp³-hybridized carbons (Fsp3) is 0.0714. The number of carbonyl (C=O) groups is 1. The Labute approximate surface area is 128 Å². The van der Waals surface area contributed by atoms with E-state index >= 15 is 0 Å². The fourth-order valence-electron chi connectivity index (χ4n) is 1.75. The van der Waals surface area contributed by atoms with Gasteiger partial charge in [-0.15, -0.1) is 0 Å². The molecule has 0 bridgehead atoms. The number of anilines is 2. The molecule has 2 aromatic carbocycles. The molecule has 2 rings (SSSR count). The Morgan fingerprint density at radius 3 is 2.62 bits per heavy atom. The van der Waals surface area contributed by atoms with Crippen LogP contribution in [0.2, 0.25) is 0 Å². The summed E-state index contributed by atoms with van der Waals surface area (Å²) in [5, 5.41) is 2.36. The monoisotopic (exact) mass is 356 g/mol. The van der Waals surface area contributed by atoms with Crippen LogP contribution in [0.15, 0.2) is 34.8 Å². The SMILES string of the molecule is COc1ccc(N)cc1C(=O)Nc1c(F)cc(F)cc1Br. The minimum absolute atomic E-state index is 0.0937. The molecule has 0 radical (unpaired) electrons. The van der Waals surface area contributed by atoms with Crippen molar-refractivity contribution in [1.29, 1.82) is 0 Å². The summed E-state index contributed by atoms with van der Waals surface area (Å²) in [5.74, 6) is -1.97. The van der Waals surface area contributed by atoms with Crippen LogP contribution in [0.25, 0.3) is 0 Å². The zero-order chi connectivity index (χ0) is 15.6. The Morgan fingerprint density at radius 2 is 2.00 bits per heavy atom. The van der Waals surface area contributed by atoms with Crippen LogP contribution in [-0.4, -0.2) is 13.0 Å². The molecule has 0 aliphatic heterocycles. The third kappa shape index (κ3) is 3.30. The summed E-state index contributed by atoms with van der Waals surface area (Å²) in [6.45, 7) is 0. The first-order valence-corrected chi connectivity index (χ1v) is 6.61. The Kier molecular flexibility index (Phi) is 4.42. The Hall–Kier alpha value is -2.15. The number of carbonyl (C=O) groups excluding carboxylic acids is 1. The maximum Gasteiger partial charge on any atom is 0.259 e. The molecule has 0 atom stereocenters. The average molecular weight is 357 g/mol. The van der Waals surface area contributed by atoms with Crippen LogP contribution in [-0.2, 0) is 0 Å². The van der Waals surface area contributed by atoms with Gasteiger partial charge in [0.05, 0.1) is 18.4 Å². The molecule has 7 heteroatoms.